The zero-order valence-electron chi connectivity index (χ0n) is 11.3. The molecule has 1 fully saturated rings. The molecule has 4 nitrogen and oxygen atoms in total. The summed E-state index contributed by atoms with van der Waals surface area (Å²) in [6, 6.07) is 0.523. The Morgan fingerprint density at radius 3 is 2.24 bits per heavy atom. The summed E-state index contributed by atoms with van der Waals surface area (Å²) >= 11 is 0. The van der Waals surface area contributed by atoms with Crippen LogP contribution in [0.3, 0.4) is 0 Å². The van der Waals surface area contributed by atoms with E-state index in [9.17, 15) is 8.42 Å². The molecule has 17 heavy (non-hydrogen) atoms. The fraction of sp³-hybridized carbons (Fsp3) is 1.00. The lowest BCUT2D eigenvalue weighted by Gasteiger charge is -2.28. The molecular weight excluding hydrogens is 236 g/mol. The number of nitrogens with one attached hydrogen (secondary N) is 1. The first kappa shape index (κ1) is 14.9. The molecule has 0 spiro atoms. The second-order valence-corrected chi connectivity index (χ2v) is 7.48. The van der Waals surface area contributed by atoms with Gasteiger partial charge in [-0.25, -0.2) is 12.7 Å². The maximum atomic E-state index is 11.6. The smallest absolute Gasteiger partial charge is 0.214 e. The minimum Gasteiger partial charge on any atom is -0.313 e. The first-order valence-corrected chi connectivity index (χ1v) is 8.20. The summed E-state index contributed by atoms with van der Waals surface area (Å²) in [6.07, 6.45) is 6.24. The van der Waals surface area contributed by atoms with Crippen molar-refractivity contribution in [1.29, 1.82) is 0 Å². The summed E-state index contributed by atoms with van der Waals surface area (Å²) in [7, 11) is 0.127. The first-order valence-electron chi connectivity index (χ1n) is 6.59. The van der Waals surface area contributed by atoms with Gasteiger partial charge >= 0.3 is 0 Å². The van der Waals surface area contributed by atoms with E-state index in [2.05, 4.69) is 12.2 Å². The minimum atomic E-state index is -3.04. The standard InChI is InChI=1S/C12H26N2O2S/c1-4-11-5-7-12(8-6-11)13-9-10-17(15,16)14(2)3/h11-13H,4-10H2,1-3H3. The highest BCUT2D eigenvalue weighted by Crippen LogP contribution is 2.26. The molecule has 0 aromatic heterocycles. The minimum absolute atomic E-state index is 0.202. The maximum Gasteiger partial charge on any atom is 0.214 e. The third-order valence-electron chi connectivity index (χ3n) is 3.77. The van der Waals surface area contributed by atoms with Crippen LogP contribution in [0.15, 0.2) is 0 Å². The molecule has 1 rings (SSSR count). The Kier molecular flexibility index (Phi) is 5.89. The molecule has 102 valence electrons. The van der Waals surface area contributed by atoms with Crippen LogP contribution in [-0.2, 0) is 10.0 Å². The molecule has 0 saturated heterocycles. The predicted molar refractivity (Wildman–Crippen MR) is 71.5 cm³/mol. The average molecular weight is 262 g/mol. The van der Waals surface area contributed by atoms with E-state index in [0.29, 0.717) is 12.6 Å². The maximum absolute atomic E-state index is 11.6. The Bertz CT molecular complexity index is 306. The van der Waals surface area contributed by atoms with E-state index in [1.807, 2.05) is 0 Å². The van der Waals surface area contributed by atoms with E-state index in [0.717, 1.165) is 5.92 Å². The van der Waals surface area contributed by atoms with Gasteiger partial charge in [-0.15, -0.1) is 0 Å². The Labute approximate surface area is 106 Å². The highest BCUT2D eigenvalue weighted by atomic mass is 32.2. The van der Waals surface area contributed by atoms with Crippen LogP contribution in [0.4, 0.5) is 0 Å². The van der Waals surface area contributed by atoms with Crippen LogP contribution in [0.25, 0.3) is 0 Å². The van der Waals surface area contributed by atoms with Gasteiger partial charge in [-0.05, 0) is 31.6 Å². The van der Waals surface area contributed by atoms with Gasteiger partial charge in [-0.1, -0.05) is 13.3 Å². The molecule has 0 aromatic rings. The lowest BCUT2D eigenvalue weighted by Crippen LogP contribution is -2.38. The fourth-order valence-electron chi connectivity index (χ4n) is 2.35. The van der Waals surface area contributed by atoms with Gasteiger partial charge in [0, 0.05) is 26.7 Å². The Balaban J connectivity index is 2.20. The van der Waals surface area contributed by atoms with Gasteiger partial charge in [-0.3, -0.25) is 0 Å². The topological polar surface area (TPSA) is 49.4 Å². The molecule has 1 saturated carbocycles. The number of hydrogen-bond acceptors (Lipinski definition) is 3. The van der Waals surface area contributed by atoms with Gasteiger partial charge in [0.1, 0.15) is 0 Å². The van der Waals surface area contributed by atoms with E-state index < -0.39 is 10.0 Å². The second-order valence-electron chi connectivity index (χ2n) is 5.18. The molecule has 0 amide bonds. The van der Waals surface area contributed by atoms with Crippen LogP contribution in [0.2, 0.25) is 0 Å². The molecule has 1 N–H and O–H groups in total. The molecule has 0 bridgehead atoms. The molecule has 0 heterocycles. The summed E-state index contributed by atoms with van der Waals surface area (Å²) < 4.78 is 24.4. The number of sulfonamides is 1. The lowest BCUT2D eigenvalue weighted by atomic mass is 9.84. The van der Waals surface area contributed by atoms with Crippen molar-refractivity contribution < 1.29 is 8.42 Å². The predicted octanol–water partition coefficient (Wildman–Crippen LogP) is 1.44. The average Bonchev–Trinajstić information content (AvgIpc) is 2.29. The van der Waals surface area contributed by atoms with Gasteiger partial charge in [0.15, 0.2) is 0 Å². The van der Waals surface area contributed by atoms with Crippen LogP contribution in [0.1, 0.15) is 39.0 Å². The van der Waals surface area contributed by atoms with Gasteiger partial charge < -0.3 is 5.32 Å². The molecular formula is C12H26N2O2S. The van der Waals surface area contributed by atoms with Crippen molar-refractivity contribution in [1.82, 2.24) is 9.62 Å². The SMILES string of the molecule is CCC1CCC(NCCS(=O)(=O)N(C)C)CC1. The zero-order chi connectivity index (χ0) is 12.9. The van der Waals surface area contributed by atoms with Crippen LogP contribution in [0, 0.1) is 5.92 Å². The summed E-state index contributed by atoms with van der Waals surface area (Å²) in [5, 5.41) is 3.37. The largest absolute Gasteiger partial charge is 0.313 e. The normalized spacial score (nSPS) is 26.4. The number of hydrogen-bond donors (Lipinski definition) is 1. The molecule has 1 aliphatic rings. The molecule has 1 aliphatic carbocycles. The van der Waals surface area contributed by atoms with Crippen molar-refractivity contribution in [2.45, 2.75) is 45.1 Å². The molecule has 0 aliphatic heterocycles. The van der Waals surface area contributed by atoms with Crippen molar-refractivity contribution >= 4 is 10.0 Å². The highest BCUT2D eigenvalue weighted by molar-refractivity contribution is 7.89. The van der Waals surface area contributed by atoms with Crippen molar-refractivity contribution in [3.8, 4) is 0 Å². The molecule has 0 atom stereocenters. The Hall–Kier alpha value is -0.130. The summed E-state index contributed by atoms with van der Waals surface area (Å²) in [6.45, 7) is 2.82. The number of nitrogens with zero attached hydrogens (tertiary/aromatic N) is 1. The van der Waals surface area contributed by atoms with Crippen LogP contribution < -0.4 is 5.32 Å². The monoisotopic (exact) mass is 262 g/mol. The van der Waals surface area contributed by atoms with Crippen molar-refractivity contribution in [3.05, 3.63) is 0 Å². The van der Waals surface area contributed by atoms with E-state index in [1.54, 1.807) is 14.1 Å². The van der Waals surface area contributed by atoms with Crippen molar-refractivity contribution in [2.24, 2.45) is 5.92 Å². The molecule has 0 radical (unpaired) electrons. The first-order chi connectivity index (χ1) is 7.95. The Morgan fingerprint density at radius 2 is 1.76 bits per heavy atom. The van der Waals surface area contributed by atoms with Gasteiger partial charge in [0.25, 0.3) is 0 Å². The second kappa shape index (κ2) is 6.71. The number of rotatable bonds is 6. The summed E-state index contributed by atoms with van der Waals surface area (Å²) in [5.41, 5.74) is 0. The van der Waals surface area contributed by atoms with E-state index in [4.69, 9.17) is 0 Å². The van der Waals surface area contributed by atoms with E-state index in [-0.39, 0.29) is 5.75 Å². The third kappa shape index (κ3) is 4.94. The Morgan fingerprint density at radius 1 is 1.18 bits per heavy atom. The van der Waals surface area contributed by atoms with Gasteiger partial charge in [0.2, 0.25) is 10.0 Å². The lowest BCUT2D eigenvalue weighted by molar-refractivity contribution is 0.289. The van der Waals surface area contributed by atoms with E-state index in [1.165, 1.54) is 36.4 Å². The zero-order valence-corrected chi connectivity index (χ0v) is 12.1. The highest BCUT2D eigenvalue weighted by Gasteiger charge is 2.20. The summed E-state index contributed by atoms with van der Waals surface area (Å²) in [4.78, 5) is 0. The molecule has 5 heteroatoms. The molecule has 0 unspecified atom stereocenters. The van der Waals surface area contributed by atoms with Crippen LogP contribution in [-0.4, -0.2) is 45.2 Å². The third-order valence-corrected chi connectivity index (χ3v) is 5.61. The summed E-state index contributed by atoms with van der Waals surface area (Å²) in [5.74, 6) is 1.09. The quantitative estimate of drug-likeness (QED) is 0.788. The fourth-order valence-corrected chi connectivity index (χ4v) is 3.09. The van der Waals surface area contributed by atoms with Crippen LogP contribution in [0.5, 0.6) is 0 Å². The van der Waals surface area contributed by atoms with Gasteiger partial charge in [-0.2, -0.15) is 0 Å². The van der Waals surface area contributed by atoms with Gasteiger partial charge in [0.05, 0.1) is 5.75 Å². The van der Waals surface area contributed by atoms with Crippen molar-refractivity contribution in [2.75, 3.05) is 26.4 Å². The van der Waals surface area contributed by atoms with Crippen molar-refractivity contribution in [3.63, 3.8) is 0 Å². The van der Waals surface area contributed by atoms with E-state index >= 15 is 0 Å². The molecule has 0 aromatic carbocycles. The van der Waals surface area contributed by atoms with Crippen LogP contribution >= 0.6 is 0 Å².